The summed E-state index contributed by atoms with van der Waals surface area (Å²) in [4.78, 5) is 4.17. The maximum atomic E-state index is 5.02. The first kappa shape index (κ1) is 8.83. The summed E-state index contributed by atoms with van der Waals surface area (Å²) in [6, 6.07) is 5.61. The molecule has 0 bridgehead atoms. The van der Waals surface area contributed by atoms with E-state index in [9.17, 15) is 0 Å². The number of aromatic nitrogens is 4. The summed E-state index contributed by atoms with van der Waals surface area (Å²) in [6.07, 6.45) is 3.32. The molecule has 0 aliphatic carbocycles. The highest BCUT2D eigenvalue weighted by Crippen LogP contribution is 2.13. The van der Waals surface area contributed by atoms with Crippen LogP contribution in [0.1, 0.15) is 0 Å². The van der Waals surface area contributed by atoms with Crippen molar-refractivity contribution < 1.29 is 0 Å². The number of hydrogen-bond donors (Lipinski definition) is 1. The summed E-state index contributed by atoms with van der Waals surface area (Å²) in [7, 11) is 0. The van der Waals surface area contributed by atoms with Crippen LogP contribution in [-0.4, -0.2) is 19.7 Å². The number of aromatic amines is 1. The molecule has 14 heavy (non-hydrogen) atoms. The molecule has 0 radical (unpaired) electrons. The van der Waals surface area contributed by atoms with Crippen LogP contribution in [0.3, 0.4) is 0 Å². The van der Waals surface area contributed by atoms with Crippen molar-refractivity contribution in [3.8, 4) is 11.5 Å². The highest BCUT2D eigenvalue weighted by molar-refractivity contribution is 7.71. The van der Waals surface area contributed by atoms with E-state index in [1.165, 1.54) is 0 Å². The van der Waals surface area contributed by atoms with Crippen molar-refractivity contribution in [1.82, 2.24) is 19.7 Å². The number of H-pyrrole nitrogens is 1. The van der Waals surface area contributed by atoms with Crippen LogP contribution >= 0.6 is 12.2 Å². The molecule has 0 fully saturated rings. The number of pyridine rings is 1. The molecule has 1 N–H and O–H groups in total. The summed E-state index contributed by atoms with van der Waals surface area (Å²) in [5.74, 6) is 0.672. The number of rotatable bonds is 2. The summed E-state index contributed by atoms with van der Waals surface area (Å²) in [5, 5.41) is 6.76. The molecule has 0 aliphatic rings. The third-order valence-corrected chi connectivity index (χ3v) is 2.07. The quantitative estimate of drug-likeness (QED) is 0.762. The minimum Gasteiger partial charge on any atom is -0.274 e. The molecule has 0 aromatic carbocycles. The lowest BCUT2D eigenvalue weighted by molar-refractivity contribution is 1.07. The van der Waals surface area contributed by atoms with Gasteiger partial charge < -0.3 is 0 Å². The lowest BCUT2D eigenvalue weighted by Gasteiger charge is -1.98. The van der Waals surface area contributed by atoms with E-state index in [-0.39, 0.29) is 0 Å². The summed E-state index contributed by atoms with van der Waals surface area (Å²) in [5.41, 5.74) is 0.764. The highest BCUT2D eigenvalue weighted by atomic mass is 32.1. The molecule has 70 valence electrons. The zero-order chi connectivity index (χ0) is 9.97. The summed E-state index contributed by atoms with van der Waals surface area (Å²) >= 11 is 5.02. The standard InChI is InChI=1S/C9H8N4S/c1-2-13-8(11-12-9(13)14)7-5-3-4-6-10-7/h2-6H,1H2,(H,12,14). The van der Waals surface area contributed by atoms with E-state index in [0.29, 0.717) is 10.6 Å². The zero-order valence-electron chi connectivity index (χ0n) is 7.34. The molecule has 4 nitrogen and oxygen atoms in total. The number of hydrogen-bond acceptors (Lipinski definition) is 3. The van der Waals surface area contributed by atoms with E-state index < -0.39 is 0 Å². The normalized spacial score (nSPS) is 10.0. The van der Waals surface area contributed by atoms with Gasteiger partial charge in [0.2, 0.25) is 0 Å². The predicted molar refractivity (Wildman–Crippen MR) is 57.0 cm³/mol. The Morgan fingerprint density at radius 1 is 1.50 bits per heavy atom. The van der Waals surface area contributed by atoms with Gasteiger partial charge in [0.25, 0.3) is 0 Å². The van der Waals surface area contributed by atoms with Crippen LogP contribution in [0, 0.1) is 4.77 Å². The first-order chi connectivity index (χ1) is 6.83. The molecule has 0 amide bonds. The van der Waals surface area contributed by atoms with Crippen LogP contribution in [0.5, 0.6) is 0 Å². The maximum absolute atomic E-state index is 5.02. The Balaban J connectivity index is 2.63. The number of nitrogens with zero attached hydrogens (tertiary/aromatic N) is 3. The molecule has 0 saturated heterocycles. The van der Waals surface area contributed by atoms with Crippen LogP contribution in [0.2, 0.25) is 0 Å². The third-order valence-electron chi connectivity index (χ3n) is 1.78. The lowest BCUT2D eigenvalue weighted by atomic mass is 10.3. The first-order valence-electron chi connectivity index (χ1n) is 4.04. The average Bonchev–Trinajstić information content (AvgIpc) is 2.61. The summed E-state index contributed by atoms with van der Waals surface area (Å²) < 4.78 is 2.19. The van der Waals surface area contributed by atoms with Crippen LogP contribution in [0.15, 0.2) is 31.0 Å². The van der Waals surface area contributed by atoms with Gasteiger partial charge in [-0.3, -0.25) is 14.6 Å². The van der Waals surface area contributed by atoms with Crippen molar-refractivity contribution in [3.63, 3.8) is 0 Å². The van der Waals surface area contributed by atoms with E-state index in [1.54, 1.807) is 17.0 Å². The maximum Gasteiger partial charge on any atom is 0.199 e. The molecule has 2 aromatic rings. The van der Waals surface area contributed by atoms with Crippen LogP contribution < -0.4 is 0 Å². The van der Waals surface area contributed by atoms with Crippen molar-refractivity contribution >= 4 is 18.4 Å². The summed E-state index contributed by atoms with van der Waals surface area (Å²) in [6.45, 7) is 3.66. The van der Waals surface area contributed by atoms with Gasteiger partial charge in [-0.1, -0.05) is 12.6 Å². The first-order valence-corrected chi connectivity index (χ1v) is 4.44. The fourth-order valence-corrected chi connectivity index (χ4v) is 1.36. The van der Waals surface area contributed by atoms with Gasteiger partial charge in [0.05, 0.1) is 0 Å². The van der Waals surface area contributed by atoms with Gasteiger partial charge in [0, 0.05) is 12.4 Å². The third kappa shape index (κ3) is 1.38. The molecule has 0 atom stereocenters. The van der Waals surface area contributed by atoms with Crippen molar-refractivity contribution in [2.24, 2.45) is 0 Å². The highest BCUT2D eigenvalue weighted by Gasteiger charge is 2.06. The van der Waals surface area contributed by atoms with Gasteiger partial charge in [0.15, 0.2) is 10.6 Å². The zero-order valence-corrected chi connectivity index (χ0v) is 8.16. The number of nitrogens with one attached hydrogen (secondary N) is 1. The predicted octanol–water partition coefficient (Wildman–Crippen LogP) is 2.10. The van der Waals surface area contributed by atoms with Gasteiger partial charge in [0.1, 0.15) is 5.69 Å². The van der Waals surface area contributed by atoms with Crippen LogP contribution in [0.4, 0.5) is 0 Å². The van der Waals surface area contributed by atoms with Gasteiger partial charge in [-0.15, -0.1) is 0 Å². The lowest BCUT2D eigenvalue weighted by Crippen LogP contribution is -1.92. The second-order valence-corrected chi connectivity index (χ2v) is 3.01. The van der Waals surface area contributed by atoms with E-state index in [0.717, 1.165) is 5.69 Å². The molecular weight excluding hydrogens is 196 g/mol. The second-order valence-electron chi connectivity index (χ2n) is 2.62. The molecular formula is C9H8N4S. The second kappa shape index (κ2) is 3.55. The molecule has 0 spiro atoms. The van der Waals surface area contributed by atoms with Crippen molar-refractivity contribution in [3.05, 3.63) is 35.7 Å². The molecule has 2 heterocycles. The fourth-order valence-electron chi connectivity index (χ4n) is 1.15. The van der Waals surface area contributed by atoms with Crippen molar-refractivity contribution in [1.29, 1.82) is 0 Å². The Bertz CT molecular complexity index is 497. The Hall–Kier alpha value is -1.75. The minimum absolute atomic E-state index is 0.514. The molecule has 2 rings (SSSR count). The molecule has 0 unspecified atom stereocenters. The largest absolute Gasteiger partial charge is 0.274 e. The Kier molecular flexibility index (Phi) is 2.24. The van der Waals surface area contributed by atoms with Crippen molar-refractivity contribution in [2.75, 3.05) is 0 Å². The molecule has 0 saturated carbocycles. The Labute approximate surface area is 85.9 Å². The molecule has 5 heteroatoms. The van der Waals surface area contributed by atoms with E-state index in [1.807, 2.05) is 18.2 Å². The average molecular weight is 204 g/mol. The van der Waals surface area contributed by atoms with E-state index >= 15 is 0 Å². The monoisotopic (exact) mass is 204 g/mol. The topological polar surface area (TPSA) is 46.5 Å². The van der Waals surface area contributed by atoms with Crippen LogP contribution in [0.25, 0.3) is 17.7 Å². The molecule has 0 aliphatic heterocycles. The Morgan fingerprint density at radius 2 is 2.36 bits per heavy atom. The van der Waals surface area contributed by atoms with E-state index in [4.69, 9.17) is 12.2 Å². The SMILES string of the molecule is C=Cn1c(-c2ccccn2)n[nH]c1=S. The van der Waals surface area contributed by atoms with E-state index in [2.05, 4.69) is 21.8 Å². The van der Waals surface area contributed by atoms with Crippen LogP contribution in [-0.2, 0) is 0 Å². The van der Waals surface area contributed by atoms with Gasteiger partial charge >= 0.3 is 0 Å². The van der Waals surface area contributed by atoms with Gasteiger partial charge in [-0.25, -0.2) is 0 Å². The van der Waals surface area contributed by atoms with Crippen molar-refractivity contribution in [2.45, 2.75) is 0 Å². The van der Waals surface area contributed by atoms with Gasteiger partial charge in [-0.2, -0.15) is 5.10 Å². The van der Waals surface area contributed by atoms with Gasteiger partial charge in [-0.05, 0) is 24.4 Å². The minimum atomic E-state index is 0.514. The Morgan fingerprint density at radius 3 is 3.00 bits per heavy atom. The fraction of sp³-hybridized carbons (Fsp3) is 0. The molecule has 2 aromatic heterocycles. The smallest absolute Gasteiger partial charge is 0.199 e.